The van der Waals surface area contributed by atoms with E-state index >= 15 is 0 Å². The number of hydrogen-bond acceptors (Lipinski definition) is 5. The van der Waals surface area contributed by atoms with Crippen LogP contribution < -0.4 is 10.6 Å². The van der Waals surface area contributed by atoms with Gasteiger partial charge in [-0.25, -0.2) is 0 Å². The van der Waals surface area contributed by atoms with Crippen molar-refractivity contribution in [2.24, 2.45) is 0 Å². The number of allylic oxidation sites excluding steroid dienone is 1. The number of para-hydroxylation sites is 1. The summed E-state index contributed by atoms with van der Waals surface area (Å²) in [7, 11) is 0. The number of carbonyl (C=O) groups is 2. The number of aryl methyl sites for hydroxylation is 3. The largest absolute Gasteiger partial charge is 0.345 e. The number of hydrogen-bond donors (Lipinski definition) is 2. The van der Waals surface area contributed by atoms with Gasteiger partial charge in [-0.15, -0.1) is 16.8 Å². The number of nitrogens with zero attached hydrogens (tertiary/aromatic N) is 3. The lowest BCUT2D eigenvalue weighted by molar-refractivity contribution is -0.113. The third-order valence-electron chi connectivity index (χ3n) is 4.98. The molecule has 7 nitrogen and oxygen atoms in total. The molecular formula is C24H27N5O2S. The number of carbonyl (C=O) groups excluding carboxylic acids is 2. The van der Waals surface area contributed by atoms with Gasteiger partial charge in [-0.2, -0.15) is 0 Å². The topological polar surface area (TPSA) is 88.9 Å². The van der Waals surface area contributed by atoms with Crippen LogP contribution in [0.25, 0.3) is 0 Å². The summed E-state index contributed by atoms with van der Waals surface area (Å²) in [6.07, 6.45) is 1.73. The van der Waals surface area contributed by atoms with Gasteiger partial charge < -0.3 is 15.2 Å². The molecule has 0 unspecified atom stereocenters. The monoisotopic (exact) mass is 449 g/mol. The Hall–Kier alpha value is -3.39. The Balaban J connectivity index is 1.64. The van der Waals surface area contributed by atoms with Crippen LogP contribution in [0.2, 0.25) is 0 Å². The molecule has 32 heavy (non-hydrogen) atoms. The first-order valence-electron chi connectivity index (χ1n) is 10.3. The van der Waals surface area contributed by atoms with E-state index in [1.54, 1.807) is 12.1 Å². The summed E-state index contributed by atoms with van der Waals surface area (Å²) in [4.78, 5) is 25.0. The number of aromatic nitrogens is 3. The molecule has 1 heterocycles. The second-order valence-electron chi connectivity index (χ2n) is 7.40. The van der Waals surface area contributed by atoms with E-state index in [9.17, 15) is 9.59 Å². The molecule has 0 bridgehead atoms. The fourth-order valence-electron chi connectivity index (χ4n) is 3.27. The SMILES string of the molecule is C=CCn1c(CNC(=O)c2ccccc2C)nnc1SCC(=O)Nc1c(C)cccc1C. The maximum Gasteiger partial charge on any atom is 0.251 e. The molecule has 2 amide bonds. The Labute approximate surface area is 192 Å². The smallest absolute Gasteiger partial charge is 0.251 e. The maximum absolute atomic E-state index is 12.5. The first kappa shape index (κ1) is 23.3. The zero-order chi connectivity index (χ0) is 23.1. The van der Waals surface area contributed by atoms with Crippen molar-refractivity contribution in [3.63, 3.8) is 0 Å². The van der Waals surface area contributed by atoms with Crippen LogP contribution in [0.4, 0.5) is 5.69 Å². The van der Waals surface area contributed by atoms with Crippen molar-refractivity contribution in [1.29, 1.82) is 0 Å². The van der Waals surface area contributed by atoms with Gasteiger partial charge in [0, 0.05) is 17.8 Å². The molecule has 0 atom stereocenters. The molecule has 0 spiro atoms. The molecule has 2 N–H and O–H groups in total. The molecule has 0 saturated carbocycles. The van der Waals surface area contributed by atoms with Gasteiger partial charge in [0.15, 0.2) is 11.0 Å². The Morgan fingerprint density at radius 1 is 1.03 bits per heavy atom. The lowest BCUT2D eigenvalue weighted by Gasteiger charge is -2.12. The number of benzene rings is 2. The van der Waals surface area contributed by atoms with Crippen LogP contribution in [0.1, 0.15) is 32.9 Å². The first-order chi connectivity index (χ1) is 15.4. The number of anilines is 1. The summed E-state index contributed by atoms with van der Waals surface area (Å²) < 4.78 is 1.85. The van der Waals surface area contributed by atoms with Gasteiger partial charge in [0.05, 0.1) is 12.3 Å². The molecule has 0 aliphatic heterocycles. The van der Waals surface area contributed by atoms with Gasteiger partial charge in [0.2, 0.25) is 5.91 Å². The predicted octanol–water partition coefficient (Wildman–Crippen LogP) is 4.05. The minimum atomic E-state index is -0.168. The van der Waals surface area contributed by atoms with Gasteiger partial charge in [0.25, 0.3) is 5.91 Å². The summed E-state index contributed by atoms with van der Waals surface area (Å²) in [5.74, 6) is 0.511. The van der Waals surface area contributed by atoms with Crippen molar-refractivity contribution in [3.05, 3.63) is 83.2 Å². The van der Waals surface area contributed by atoms with Gasteiger partial charge in [-0.1, -0.05) is 54.2 Å². The Bertz CT molecular complexity index is 1120. The van der Waals surface area contributed by atoms with E-state index in [4.69, 9.17) is 0 Å². The number of nitrogens with one attached hydrogen (secondary N) is 2. The number of amides is 2. The van der Waals surface area contributed by atoms with Crippen LogP contribution in [-0.4, -0.2) is 32.3 Å². The highest BCUT2D eigenvalue weighted by molar-refractivity contribution is 7.99. The van der Waals surface area contributed by atoms with Crippen molar-refractivity contribution >= 4 is 29.3 Å². The molecule has 166 valence electrons. The third kappa shape index (κ3) is 5.64. The summed E-state index contributed by atoms with van der Waals surface area (Å²) >= 11 is 1.30. The molecule has 1 aromatic heterocycles. The first-order valence-corrected chi connectivity index (χ1v) is 11.2. The minimum Gasteiger partial charge on any atom is -0.345 e. The fourth-order valence-corrected chi connectivity index (χ4v) is 4.04. The van der Waals surface area contributed by atoms with Crippen molar-refractivity contribution in [3.8, 4) is 0 Å². The highest BCUT2D eigenvalue weighted by Crippen LogP contribution is 2.21. The summed E-state index contributed by atoms with van der Waals surface area (Å²) in [5, 5.41) is 14.9. The Morgan fingerprint density at radius 2 is 1.72 bits per heavy atom. The van der Waals surface area contributed by atoms with E-state index in [-0.39, 0.29) is 24.1 Å². The van der Waals surface area contributed by atoms with Gasteiger partial charge in [-0.05, 0) is 43.5 Å². The van der Waals surface area contributed by atoms with Crippen molar-refractivity contribution in [2.75, 3.05) is 11.1 Å². The second kappa shape index (κ2) is 10.8. The van der Waals surface area contributed by atoms with E-state index in [0.717, 1.165) is 22.4 Å². The van der Waals surface area contributed by atoms with E-state index in [1.165, 1.54) is 11.8 Å². The molecule has 0 aliphatic carbocycles. The van der Waals surface area contributed by atoms with Crippen LogP contribution in [0.15, 0.2) is 60.3 Å². The van der Waals surface area contributed by atoms with Crippen LogP contribution in [0, 0.1) is 20.8 Å². The molecule has 8 heteroatoms. The van der Waals surface area contributed by atoms with Crippen LogP contribution in [0.3, 0.4) is 0 Å². The van der Waals surface area contributed by atoms with E-state index in [2.05, 4.69) is 27.4 Å². The third-order valence-corrected chi connectivity index (χ3v) is 5.95. The molecule has 3 aromatic rings. The van der Waals surface area contributed by atoms with E-state index < -0.39 is 0 Å². The molecular weight excluding hydrogens is 422 g/mol. The summed E-state index contributed by atoms with van der Waals surface area (Å²) in [6, 6.07) is 13.3. The average molecular weight is 450 g/mol. The van der Waals surface area contributed by atoms with E-state index in [1.807, 2.05) is 61.7 Å². The number of thioether (sulfide) groups is 1. The molecule has 2 aromatic carbocycles. The number of rotatable bonds is 9. The highest BCUT2D eigenvalue weighted by Gasteiger charge is 2.16. The lowest BCUT2D eigenvalue weighted by Crippen LogP contribution is -2.25. The lowest BCUT2D eigenvalue weighted by atomic mass is 10.1. The molecule has 0 saturated heterocycles. The van der Waals surface area contributed by atoms with Crippen LogP contribution >= 0.6 is 11.8 Å². The molecule has 0 fully saturated rings. The fraction of sp³-hybridized carbons (Fsp3) is 0.250. The Morgan fingerprint density at radius 3 is 2.41 bits per heavy atom. The summed E-state index contributed by atoms with van der Waals surface area (Å²) in [5.41, 5.74) is 4.41. The van der Waals surface area contributed by atoms with Gasteiger partial charge >= 0.3 is 0 Å². The van der Waals surface area contributed by atoms with Gasteiger partial charge in [0.1, 0.15) is 0 Å². The average Bonchev–Trinajstić information content (AvgIpc) is 3.15. The predicted molar refractivity (Wildman–Crippen MR) is 128 cm³/mol. The Kier molecular flexibility index (Phi) is 7.83. The van der Waals surface area contributed by atoms with Crippen LogP contribution in [-0.2, 0) is 17.9 Å². The van der Waals surface area contributed by atoms with Gasteiger partial charge in [-0.3, -0.25) is 9.59 Å². The molecule has 3 rings (SSSR count). The quantitative estimate of drug-likeness (QED) is 0.380. The second-order valence-corrected chi connectivity index (χ2v) is 8.34. The van der Waals surface area contributed by atoms with E-state index in [0.29, 0.717) is 23.1 Å². The highest BCUT2D eigenvalue weighted by atomic mass is 32.2. The van der Waals surface area contributed by atoms with Crippen molar-refractivity contribution in [1.82, 2.24) is 20.1 Å². The zero-order valence-corrected chi connectivity index (χ0v) is 19.3. The normalized spacial score (nSPS) is 10.6. The molecule has 0 aliphatic rings. The molecule has 0 radical (unpaired) electrons. The maximum atomic E-state index is 12.5. The minimum absolute atomic E-state index is 0.116. The summed E-state index contributed by atoms with van der Waals surface area (Å²) in [6.45, 7) is 10.3. The van der Waals surface area contributed by atoms with Crippen LogP contribution in [0.5, 0.6) is 0 Å². The standard InChI is InChI=1S/C24H27N5O2S/c1-5-13-29-20(14-25-23(31)19-12-7-6-9-16(19)2)27-28-24(29)32-15-21(30)26-22-17(3)10-8-11-18(22)4/h5-12H,1,13-15H2,2-4H3,(H,25,31)(H,26,30). The van der Waals surface area contributed by atoms with Crippen molar-refractivity contribution in [2.45, 2.75) is 39.0 Å². The zero-order valence-electron chi connectivity index (χ0n) is 18.5. The van der Waals surface area contributed by atoms with Crippen molar-refractivity contribution < 1.29 is 9.59 Å².